The van der Waals surface area contributed by atoms with Crippen molar-refractivity contribution in [2.45, 2.75) is 9.79 Å². The molecule has 1 N–H and O–H groups in total. The largest absolute Gasteiger partial charge is 0.339 e. The molecule has 0 aliphatic rings. The van der Waals surface area contributed by atoms with Gasteiger partial charge in [-0.25, -0.2) is 12.8 Å². The molecule has 0 fully saturated rings. The zero-order chi connectivity index (χ0) is 17.0. The van der Waals surface area contributed by atoms with E-state index in [4.69, 9.17) is 0 Å². The van der Waals surface area contributed by atoms with Crippen LogP contribution in [0.5, 0.6) is 0 Å². The Morgan fingerprint density at radius 2 is 1.83 bits per heavy atom. The van der Waals surface area contributed by atoms with Gasteiger partial charge in [-0.3, -0.25) is 9.52 Å². The number of amides is 1. The number of rotatable bonds is 4. The number of carbonyl (C=O) groups excluding carboxylic acids is 1. The first-order valence-electron chi connectivity index (χ1n) is 6.56. The summed E-state index contributed by atoms with van der Waals surface area (Å²) in [5.74, 6) is -0.826. The maximum absolute atomic E-state index is 13.7. The summed E-state index contributed by atoms with van der Waals surface area (Å²) in [5, 5.41) is -0.181. The van der Waals surface area contributed by atoms with Crippen molar-refractivity contribution in [1.29, 1.82) is 0 Å². The number of sulfonamides is 1. The molecule has 0 saturated carbocycles. The van der Waals surface area contributed by atoms with E-state index in [0.717, 1.165) is 17.8 Å². The predicted octanol–water partition coefficient (Wildman–Crippen LogP) is 3.40. The van der Waals surface area contributed by atoms with Crippen molar-refractivity contribution in [2.75, 3.05) is 18.8 Å². The van der Waals surface area contributed by atoms with E-state index in [-0.39, 0.29) is 10.9 Å². The molecule has 0 aromatic heterocycles. The van der Waals surface area contributed by atoms with Crippen LogP contribution in [0.1, 0.15) is 0 Å². The highest BCUT2D eigenvalue weighted by Gasteiger charge is 2.18. The van der Waals surface area contributed by atoms with E-state index in [1.54, 1.807) is 26.2 Å². The van der Waals surface area contributed by atoms with Crippen molar-refractivity contribution in [3.63, 3.8) is 0 Å². The van der Waals surface area contributed by atoms with Crippen molar-refractivity contribution in [1.82, 2.24) is 4.90 Å². The van der Waals surface area contributed by atoms with Crippen molar-refractivity contribution >= 4 is 32.7 Å². The summed E-state index contributed by atoms with van der Waals surface area (Å²) in [4.78, 5) is 13.2. The molecule has 0 spiro atoms. The van der Waals surface area contributed by atoms with Crippen LogP contribution in [0.25, 0.3) is 0 Å². The minimum absolute atomic E-state index is 0.181. The minimum atomic E-state index is -4.04. The third kappa shape index (κ3) is 4.46. The van der Waals surface area contributed by atoms with Gasteiger partial charge in [0.05, 0.1) is 0 Å². The molecule has 0 heterocycles. The van der Waals surface area contributed by atoms with Crippen LogP contribution in [0, 0.1) is 5.82 Å². The maximum Gasteiger partial charge on any atom is 0.285 e. The van der Waals surface area contributed by atoms with Crippen LogP contribution in [0.2, 0.25) is 0 Å². The van der Waals surface area contributed by atoms with E-state index in [2.05, 4.69) is 4.72 Å². The highest BCUT2D eigenvalue weighted by molar-refractivity contribution is 8.13. The van der Waals surface area contributed by atoms with E-state index in [1.165, 1.54) is 35.2 Å². The fourth-order valence-corrected chi connectivity index (χ4v) is 3.53. The number of nitrogens with zero attached hydrogens (tertiary/aromatic N) is 1. The summed E-state index contributed by atoms with van der Waals surface area (Å²) >= 11 is 0.969. The average Bonchev–Trinajstić information content (AvgIpc) is 2.47. The molecular formula is C15H15FN2O3S2. The molecule has 8 heteroatoms. The molecular weight excluding hydrogens is 339 g/mol. The molecule has 0 unspecified atom stereocenters. The molecule has 2 rings (SSSR count). The molecule has 122 valence electrons. The third-order valence-corrected chi connectivity index (χ3v) is 5.23. The lowest BCUT2D eigenvalue weighted by Crippen LogP contribution is -2.16. The first kappa shape index (κ1) is 17.3. The van der Waals surface area contributed by atoms with Crippen molar-refractivity contribution in [2.24, 2.45) is 0 Å². The number of thioether (sulfide) groups is 1. The molecule has 1 amide bonds. The Morgan fingerprint density at radius 3 is 2.48 bits per heavy atom. The van der Waals surface area contributed by atoms with Crippen molar-refractivity contribution < 1.29 is 17.6 Å². The Morgan fingerprint density at radius 1 is 1.13 bits per heavy atom. The molecule has 0 aliphatic carbocycles. The van der Waals surface area contributed by atoms with Gasteiger partial charge in [-0.2, -0.15) is 0 Å². The standard InChI is InChI=1S/C15H15FN2O3S2/c1-18(2)15(19)22-12-7-5-6-11(10-12)17-23(20,21)14-9-4-3-8-13(14)16/h3-10,17H,1-2H3. The minimum Gasteiger partial charge on any atom is -0.339 e. The van der Waals surface area contributed by atoms with Gasteiger partial charge < -0.3 is 4.90 Å². The molecule has 0 aliphatic heterocycles. The summed E-state index contributed by atoms with van der Waals surface area (Å²) < 4.78 is 40.4. The number of halogens is 1. The number of nitrogens with one attached hydrogen (secondary N) is 1. The molecule has 0 atom stereocenters. The monoisotopic (exact) mass is 354 g/mol. The van der Waals surface area contributed by atoms with Crippen LogP contribution < -0.4 is 4.72 Å². The average molecular weight is 354 g/mol. The zero-order valence-electron chi connectivity index (χ0n) is 12.5. The van der Waals surface area contributed by atoms with Crippen LogP contribution >= 0.6 is 11.8 Å². The summed E-state index contributed by atoms with van der Waals surface area (Å²) in [6.45, 7) is 0. The van der Waals surface area contributed by atoms with E-state index in [1.807, 2.05) is 0 Å². The molecule has 0 saturated heterocycles. The lowest BCUT2D eigenvalue weighted by Gasteiger charge is -2.11. The number of hydrogen-bond acceptors (Lipinski definition) is 4. The fourth-order valence-electron chi connectivity index (χ4n) is 1.69. The third-order valence-electron chi connectivity index (χ3n) is 2.78. The van der Waals surface area contributed by atoms with Gasteiger partial charge in [-0.15, -0.1) is 0 Å². The number of benzene rings is 2. The van der Waals surface area contributed by atoms with Crippen molar-refractivity contribution in [3.05, 3.63) is 54.3 Å². The SMILES string of the molecule is CN(C)C(=O)Sc1cccc(NS(=O)(=O)c2ccccc2F)c1. The molecule has 5 nitrogen and oxygen atoms in total. The van der Waals surface area contributed by atoms with Gasteiger partial charge in [0.15, 0.2) is 0 Å². The van der Waals surface area contributed by atoms with Gasteiger partial charge in [0.1, 0.15) is 10.7 Å². The maximum atomic E-state index is 13.7. The molecule has 23 heavy (non-hydrogen) atoms. The lowest BCUT2D eigenvalue weighted by atomic mass is 10.3. The first-order chi connectivity index (χ1) is 10.8. The van der Waals surface area contributed by atoms with Crippen LogP contribution in [-0.4, -0.2) is 32.7 Å². The number of hydrogen-bond donors (Lipinski definition) is 1. The Labute approximate surface area is 138 Å². The van der Waals surface area contributed by atoms with E-state index in [0.29, 0.717) is 4.90 Å². The molecule has 0 radical (unpaired) electrons. The summed E-state index contributed by atoms with van der Waals surface area (Å²) in [6.07, 6.45) is 0. The van der Waals surface area contributed by atoms with Gasteiger partial charge >= 0.3 is 0 Å². The molecule has 2 aromatic rings. The Bertz CT molecular complexity index is 823. The lowest BCUT2D eigenvalue weighted by molar-refractivity contribution is 0.241. The highest BCUT2D eigenvalue weighted by atomic mass is 32.2. The van der Waals surface area contributed by atoms with Gasteiger partial charge in [-0.1, -0.05) is 18.2 Å². The van der Waals surface area contributed by atoms with Crippen LogP contribution in [-0.2, 0) is 10.0 Å². The van der Waals surface area contributed by atoms with E-state index < -0.39 is 20.7 Å². The van der Waals surface area contributed by atoms with E-state index in [9.17, 15) is 17.6 Å². The van der Waals surface area contributed by atoms with Gasteiger partial charge in [0, 0.05) is 24.7 Å². The zero-order valence-corrected chi connectivity index (χ0v) is 14.1. The number of anilines is 1. The van der Waals surface area contributed by atoms with Gasteiger partial charge in [0.2, 0.25) is 0 Å². The van der Waals surface area contributed by atoms with E-state index >= 15 is 0 Å². The van der Waals surface area contributed by atoms with Gasteiger partial charge in [-0.05, 0) is 42.1 Å². The first-order valence-corrected chi connectivity index (χ1v) is 8.86. The van der Waals surface area contributed by atoms with Crippen LogP contribution in [0.3, 0.4) is 0 Å². The molecule has 2 aromatic carbocycles. The van der Waals surface area contributed by atoms with Crippen molar-refractivity contribution in [3.8, 4) is 0 Å². The predicted molar refractivity (Wildman–Crippen MR) is 88.6 cm³/mol. The topological polar surface area (TPSA) is 66.5 Å². The molecule has 0 bridgehead atoms. The Balaban J connectivity index is 2.24. The Kier molecular flexibility index (Phi) is 5.27. The normalized spacial score (nSPS) is 11.1. The smallest absolute Gasteiger partial charge is 0.285 e. The Hall–Kier alpha value is -2.06. The summed E-state index contributed by atoms with van der Waals surface area (Å²) in [5.41, 5.74) is 0.254. The van der Waals surface area contributed by atoms with Gasteiger partial charge in [0.25, 0.3) is 15.3 Å². The quantitative estimate of drug-likeness (QED) is 0.855. The second kappa shape index (κ2) is 7.01. The summed E-state index contributed by atoms with van der Waals surface area (Å²) in [6, 6.07) is 11.5. The van der Waals surface area contributed by atoms with Crippen LogP contribution in [0.15, 0.2) is 58.3 Å². The van der Waals surface area contributed by atoms with Crippen LogP contribution in [0.4, 0.5) is 14.9 Å². The highest BCUT2D eigenvalue weighted by Crippen LogP contribution is 2.25. The fraction of sp³-hybridized carbons (Fsp3) is 0.133. The number of carbonyl (C=O) groups is 1. The summed E-state index contributed by atoms with van der Waals surface area (Å²) in [7, 11) is -0.785. The second-order valence-electron chi connectivity index (χ2n) is 4.83. The second-order valence-corrected chi connectivity index (χ2v) is 7.50.